The predicted octanol–water partition coefficient (Wildman–Crippen LogP) is 1.44. The Labute approximate surface area is 73.3 Å². The summed E-state index contributed by atoms with van der Waals surface area (Å²) in [5.41, 5.74) is 0. The largest absolute Gasteiger partial charge is 0.303 e. The maximum atomic E-state index is 10.7. The summed E-state index contributed by atoms with van der Waals surface area (Å²) >= 11 is 7.85. The van der Waals surface area contributed by atoms with Crippen molar-refractivity contribution in [3.8, 4) is 0 Å². The molecular formula is C4H6BrClO3S. The summed E-state index contributed by atoms with van der Waals surface area (Å²) in [6.07, 6.45) is 0. The second-order valence-electron chi connectivity index (χ2n) is 1.32. The highest BCUT2D eigenvalue weighted by Gasteiger charge is 2.12. The van der Waals surface area contributed by atoms with E-state index in [4.69, 9.17) is 11.6 Å². The molecule has 0 saturated carbocycles. The van der Waals surface area contributed by atoms with Gasteiger partial charge in [-0.2, -0.15) is 8.42 Å². The van der Waals surface area contributed by atoms with Crippen LogP contribution in [-0.2, 0) is 14.3 Å². The fourth-order valence-corrected chi connectivity index (χ4v) is 1.08. The Morgan fingerprint density at radius 1 is 1.70 bits per heavy atom. The minimum absolute atomic E-state index is 0.0332. The first-order chi connectivity index (χ1) is 4.50. The SMILES string of the molecule is C=C(Br)S(=O)(=O)OCCCl. The first-order valence-corrected chi connectivity index (χ1v) is 5.04. The summed E-state index contributed by atoms with van der Waals surface area (Å²) in [5.74, 6) is 0.138. The van der Waals surface area contributed by atoms with Gasteiger partial charge in [-0.05, 0) is 15.9 Å². The number of alkyl halides is 1. The molecule has 3 nitrogen and oxygen atoms in total. The predicted molar refractivity (Wildman–Crippen MR) is 43.7 cm³/mol. The molecule has 0 rings (SSSR count). The maximum absolute atomic E-state index is 10.7. The first-order valence-electron chi connectivity index (χ1n) is 2.30. The van der Waals surface area contributed by atoms with Gasteiger partial charge >= 0.3 is 10.1 Å². The van der Waals surface area contributed by atoms with Crippen LogP contribution in [0.5, 0.6) is 0 Å². The summed E-state index contributed by atoms with van der Waals surface area (Å²) in [5, 5.41) is 0. The molecule has 0 saturated heterocycles. The monoisotopic (exact) mass is 248 g/mol. The molecule has 0 aromatic carbocycles. The van der Waals surface area contributed by atoms with E-state index in [9.17, 15) is 8.42 Å². The molecule has 0 aliphatic rings. The first kappa shape index (κ1) is 10.4. The van der Waals surface area contributed by atoms with Gasteiger partial charge in [-0.15, -0.1) is 11.6 Å². The van der Waals surface area contributed by atoms with E-state index in [1.54, 1.807) is 0 Å². The van der Waals surface area contributed by atoms with Crippen molar-refractivity contribution in [3.63, 3.8) is 0 Å². The third kappa shape index (κ3) is 3.55. The Bertz CT molecular complexity index is 211. The zero-order valence-corrected chi connectivity index (χ0v) is 8.17. The lowest BCUT2D eigenvalue weighted by atomic mass is 10.9. The van der Waals surface area contributed by atoms with E-state index in [1.807, 2.05) is 0 Å². The van der Waals surface area contributed by atoms with Crippen LogP contribution >= 0.6 is 27.5 Å². The van der Waals surface area contributed by atoms with Gasteiger partial charge in [0.05, 0.1) is 6.61 Å². The zero-order chi connectivity index (χ0) is 8.20. The average Bonchev–Trinajstić information content (AvgIpc) is 1.84. The quantitative estimate of drug-likeness (QED) is 0.559. The molecule has 0 fully saturated rings. The smallest absolute Gasteiger partial charge is 0.265 e. The van der Waals surface area contributed by atoms with Crippen molar-refractivity contribution in [1.82, 2.24) is 0 Å². The lowest BCUT2D eigenvalue weighted by Gasteiger charge is -1.99. The molecule has 0 radical (unpaired) electrons. The highest BCUT2D eigenvalue weighted by molar-refractivity contribution is 9.13. The van der Waals surface area contributed by atoms with E-state index < -0.39 is 10.1 Å². The van der Waals surface area contributed by atoms with Gasteiger partial charge in [0.1, 0.15) is 3.81 Å². The molecule has 0 aliphatic carbocycles. The van der Waals surface area contributed by atoms with Gasteiger partial charge in [-0.1, -0.05) is 6.58 Å². The molecule has 0 unspecified atom stereocenters. The van der Waals surface area contributed by atoms with E-state index >= 15 is 0 Å². The van der Waals surface area contributed by atoms with Crippen LogP contribution in [-0.4, -0.2) is 20.9 Å². The van der Waals surface area contributed by atoms with Gasteiger partial charge in [0.15, 0.2) is 0 Å². The van der Waals surface area contributed by atoms with Crippen molar-refractivity contribution >= 4 is 37.6 Å². The lowest BCUT2D eigenvalue weighted by Crippen LogP contribution is -2.06. The number of rotatable bonds is 4. The normalized spacial score (nSPS) is 11.4. The Kier molecular flexibility index (Phi) is 4.51. The summed E-state index contributed by atoms with van der Waals surface area (Å²) < 4.78 is 25.5. The van der Waals surface area contributed by atoms with Crippen LogP contribution < -0.4 is 0 Å². The standard InChI is InChI=1S/C4H6BrClO3S/c1-4(5)10(7,8)9-3-2-6/h1-3H2. The highest BCUT2D eigenvalue weighted by atomic mass is 79.9. The fraction of sp³-hybridized carbons (Fsp3) is 0.500. The van der Waals surface area contributed by atoms with Crippen molar-refractivity contribution in [2.45, 2.75) is 0 Å². The molecular weight excluding hydrogens is 243 g/mol. The second kappa shape index (κ2) is 4.33. The molecule has 0 N–H and O–H groups in total. The minimum atomic E-state index is -3.62. The highest BCUT2D eigenvalue weighted by Crippen LogP contribution is 2.12. The molecule has 0 aromatic rings. The third-order valence-electron chi connectivity index (χ3n) is 0.587. The number of halogens is 2. The van der Waals surface area contributed by atoms with Gasteiger partial charge in [0.2, 0.25) is 0 Å². The Balaban J connectivity index is 4.03. The lowest BCUT2D eigenvalue weighted by molar-refractivity contribution is 0.346. The fourth-order valence-electron chi connectivity index (χ4n) is 0.205. The molecule has 60 valence electrons. The van der Waals surface area contributed by atoms with Gasteiger partial charge in [0, 0.05) is 5.88 Å². The van der Waals surface area contributed by atoms with E-state index in [2.05, 4.69) is 26.7 Å². The van der Waals surface area contributed by atoms with Crippen molar-refractivity contribution < 1.29 is 12.6 Å². The van der Waals surface area contributed by atoms with Crippen LogP contribution in [0.3, 0.4) is 0 Å². The minimum Gasteiger partial charge on any atom is -0.265 e. The third-order valence-corrected chi connectivity index (χ3v) is 2.95. The zero-order valence-electron chi connectivity index (χ0n) is 5.01. The van der Waals surface area contributed by atoms with Gasteiger partial charge in [-0.3, -0.25) is 4.18 Å². The molecule has 0 amide bonds. The molecule has 0 atom stereocenters. The van der Waals surface area contributed by atoms with E-state index in [0.29, 0.717) is 0 Å². The van der Waals surface area contributed by atoms with Crippen LogP contribution in [0.25, 0.3) is 0 Å². The van der Waals surface area contributed by atoms with E-state index in [0.717, 1.165) is 0 Å². The van der Waals surface area contributed by atoms with E-state index in [1.165, 1.54) is 0 Å². The van der Waals surface area contributed by atoms with Crippen molar-refractivity contribution in [1.29, 1.82) is 0 Å². The van der Waals surface area contributed by atoms with Crippen molar-refractivity contribution in [3.05, 3.63) is 10.4 Å². The summed E-state index contributed by atoms with van der Waals surface area (Å²) in [6, 6.07) is 0. The Hall–Kier alpha value is 0.420. The average molecular weight is 250 g/mol. The van der Waals surface area contributed by atoms with Gasteiger partial charge in [0.25, 0.3) is 0 Å². The summed E-state index contributed by atoms with van der Waals surface area (Å²) in [7, 11) is -3.62. The van der Waals surface area contributed by atoms with Crippen LogP contribution in [0.2, 0.25) is 0 Å². The van der Waals surface area contributed by atoms with Gasteiger partial charge in [-0.25, -0.2) is 0 Å². The Morgan fingerprint density at radius 2 is 2.20 bits per heavy atom. The van der Waals surface area contributed by atoms with E-state index in [-0.39, 0.29) is 16.3 Å². The molecule has 0 heterocycles. The van der Waals surface area contributed by atoms with Crippen LogP contribution in [0.15, 0.2) is 10.4 Å². The maximum Gasteiger partial charge on any atom is 0.303 e. The summed E-state index contributed by atoms with van der Waals surface area (Å²) in [4.78, 5) is 0. The topological polar surface area (TPSA) is 43.4 Å². The Morgan fingerprint density at radius 3 is 2.50 bits per heavy atom. The number of hydrogen-bond acceptors (Lipinski definition) is 3. The van der Waals surface area contributed by atoms with Crippen molar-refractivity contribution in [2.75, 3.05) is 12.5 Å². The molecule has 6 heteroatoms. The summed E-state index contributed by atoms with van der Waals surface area (Å²) in [6.45, 7) is 3.11. The molecule has 10 heavy (non-hydrogen) atoms. The van der Waals surface area contributed by atoms with Crippen LogP contribution in [0.1, 0.15) is 0 Å². The molecule has 0 aromatic heterocycles. The molecule has 0 spiro atoms. The van der Waals surface area contributed by atoms with Crippen LogP contribution in [0, 0.1) is 0 Å². The second-order valence-corrected chi connectivity index (χ2v) is 4.82. The van der Waals surface area contributed by atoms with Crippen molar-refractivity contribution in [2.24, 2.45) is 0 Å². The number of hydrogen-bond donors (Lipinski definition) is 0. The van der Waals surface area contributed by atoms with Gasteiger partial charge < -0.3 is 0 Å². The molecule has 0 aliphatic heterocycles. The van der Waals surface area contributed by atoms with Crippen LogP contribution in [0.4, 0.5) is 0 Å². The molecule has 0 bridgehead atoms.